The molecule has 0 fully saturated rings. The van der Waals surface area contributed by atoms with Gasteiger partial charge in [0, 0.05) is 6.42 Å². The number of aliphatic hydroxyl groups excluding tert-OH is 2. The minimum atomic E-state index is -1.44. The molecule has 2 unspecified atom stereocenters. The van der Waals surface area contributed by atoms with Gasteiger partial charge in [-0.1, -0.05) is 96.8 Å². The van der Waals surface area contributed by atoms with E-state index in [9.17, 15) is 24.6 Å². The third-order valence-corrected chi connectivity index (χ3v) is 4.68. The Balaban J connectivity index is -0.000000266. The first kappa shape index (κ1) is 39.8. The molecule has 0 spiro atoms. The Bertz CT molecular complexity index is 424. The van der Waals surface area contributed by atoms with Crippen LogP contribution in [0, 0.1) is 0 Å². The van der Waals surface area contributed by atoms with Crippen LogP contribution in [0.15, 0.2) is 0 Å². The molecule has 192 valence electrons. The summed E-state index contributed by atoms with van der Waals surface area (Å²) >= 11 is 0. The van der Waals surface area contributed by atoms with E-state index in [2.05, 4.69) is 6.92 Å². The van der Waals surface area contributed by atoms with Gasteiger partial charge in [-0.15, -0.1) is 0 Å². The van der Waals surface area contributed by atoms with Gasteiger partial charge in [0.1, 0.15) is 0 Å². The molecule has 0 aromatic carbocycles. The van der Waals surface area contributed by atoms with E-state index < -0.39 is 30.1 Å². The average Bonchev–Trinajstić information content (AvgIpc) is 2.71. The molecule has 0 aliphatic rings. The summed E-state index contributed by atoms with van der Waals surface area (Å²) in [4.78, 5) is 29.0. The van der Waals surface area contributed by atoms with Crippen LogP contribution in [-0.4, -0.2) is 83.2 Å². The molecule has 0 radical (unpaired) electrons. The third kappa shape index (κ3) is 45.7. The number of carboxylic acids is 3. The van der Waals surface area contributed by atoms with E-state index in [1.54, 1.807) is 0 Å². The average molecular weight is 503 g/mol. The quantitative estimate of drug-likeness (QED) is 0.190. The summed E-state index contributed by atoms with van der Waals surface area (Å²) in [5.74, 6) is -3.52. The molecule has 0 saturated carbocycles. The molecule has 8 nitrogen and oxygen atoms in total. The number of hydrogen-bond acceptors (Lipinski definition) is 7. The largest absolute Gasteiger partial charge is 2.00 e. The molecular weight excluding hydrogens is 456 g/mol. The molecule has 0 aliphatic carbocycles. The van der Waals surface area contributed by atoms with E-state index in [-0.39, 0.29) is 37.7 Å². The molecule has 0 rings (SSSR count). The molecule has 9 heteroatoms. The van der Waals surface area contributed by atoms with Crippen LogP contribution in [0.5, 0.6) is 0 Å². The Hall–Kier alpha value is -0.410. The SMILES string of the molecule is CC(O)C(=O)[O-].CC(O)C(=O)[O-].CCCCCCCCCCCCCCCCCC(=O)O.[Ca+2]. The summed E-state index contributed by atoms with van der Waals surface area (Å²) in [7, 11) is 0. The van der Waals surface area contributed by atoms with Crippen molar-refractivity contribution in [1.82, 2.24) is 0 Å². The minimum Gasteiger partial charge on any atom is -0.547 e. The van der Waals surface area contributed by atoms with Crippen LogP contribution in [0.4, 0.5) is 0 Å². The molecule has 0 amide bonds. The van der Waals surface area contributed by atoms with E-state index in [1.165, 1.54) is 83.5 Å². The van der Waals surface area contributed by atoms with E-state index in [1.807, 2.05) is 0 Å². The van der Waals surface area contributed by atoms with Crippen molar-refractivity contribution in [3.8, 4) is 0 Å². The Morgan fingerprint density at radius 2 is 0.818 bits per heavy atom. The zero-order valence-electron chi connectivity index (χ0n) is 21.1. The molecule has 2 atom stereocenters. The van der Waals surface area contributed by atoms with Gasteiger partial charge in [0.25, 0.3) is 0 Å². The zero-order chi connectivity index (χ0) is 25.2. The first-order valence-corrected chi connectivity index (χ1v) is 12.1. The van der Waals surface area contributed by atoms with Crippen molar-refractivity contribution in [2.75, 3.05) is 0 Å². The Morgan fingerprint density at radius 3 is 1.00 bits per heavy atom. The van der Waals surface area contributed by atoms with E-state index >= 15 is 0 Å². The van der Waals surface area contributed by atoms with E-state index in [4.69, 9.17) is 15.3 Å². The van der Waals surface area contributed by atoms with Crippen molar-refractivity contribution >= 4 is 55.6 Å². The van der Waals surface area contributed by atoms with E-state index in [0.717, 1.165) is 26.7 Å². The van der Waals surface area contributed by atoms with Gasteiger partial charge < -0.3 is 35.1 Å². The number of carbonyl (C=O) groups is 3. The number of aliphatic carboxylic acids is 3. The number of unbranched alkanes of at least 4 members (excludes halogenated alkanes) is 14. The fourth-order valence-corrected chi connectivity index (χ4v) is 2.65. The van der Waals surface area contributed by atoms with Crippen molar-refractivity contribution < 1.29 is 39.9 Å². The fourth-order valence-electron chi connectivity index (χ4n) is 2.65. The predicted molar refractivity (Wildman–Crippen MR) is 126 cm³/mol. The summed E-state index contributed by atoms with van der Waals surface area (Å²) in [5, 5.41) is 43.1. The molecule has 3 N–H and O–H groups in total. The van der Waals surface area contributed by atoms with Crippen LogP contribution in [0.1, 0.15) is 124 Å². The summed E-state index contributed by atoms with van der Waals surface area (Å²) in [6, 6.07) is 0. The fraction of sp³-hybridized carbons (Fsp3) is 0.875. The zero-order valence-corrected chi connectivity index (χ0v) is 23.3. The molecule has 0 saturated heterocycles. The predicted octanol–water partition coefficient (Wildman–Crippen LogP) is 2.19. The second kappa shape index (κ2) is 31.6. The Kier molecular flexibility index (Phi) is 38.1. The topological polar surface area (TPSA) is 158 Å². The standard InChI is InChI=1S/C18H36O2.2C3H6O3.Ca/c1-2-3-4-5-6-7-8-9-10-11-12-13-14-15-16-17-18(19)20;2*1-2(4)3(5)6;/h2-17H2,1H3,(H,19,20);2*2,4H,1H3,(H,5,6);/q;;;+2/p-2. The van der Waals surface area contributed by atoms with Crippen molar-refractivity contribution in [3.63, 3.8) is 0 Å². The second-order valence-corrected chi connectivity index (χ2v) is 8.08. The molecule has 0 aromatic heterocycles. The molecule has 0 aliphatic heterocycles. The van der Waals surface area contributed by atoms with Crippen LogP contribution in [0.2, 0.25) is 0 Å². The van der Waals surface area contributed by atoms with Crippen molar-refractivity contribution in [3.05, 3.63) is 0 Å². The number of hydrogen-bond donors (Lipinski definition) is 3. The first-order valence-electron chi connectivity index (χ1n) is 12.1. The minimum absolute atomic E-state index is 0. The van der Waals surface area contributed by atoms with Crippen molar-refractivity contribution in [1.29, 1.82) is 0 Å². The van der Waals surface area contributed by atoms with Gasteiger partial charge in [0.2, 0.25) is 0 Å². The monoisotopic (exact) mass is 502 g/mol. The van der Waals surface area contributed by atoms with Crippen LogP contribution in [-0.2, 0) is 14.4 Å². The van der Waals surface area contributed by atoms with Gasteiger partial charge in [-0.2, -0.15) is 0 Å². The molecule has 0 bridgehead atoms. The summed E-state index contributed by atoms with van der Waals surface area (Å²) in [6.07, 6.45) is 17.5. The van der Waals surface area contributed by atoms with E-state index in [0.29, 0.717) is 6.42 Å². The third-order valence-electron chi connectivity index (χ3n) is 4.68. The molecule has 0 aromatic rings. The van der Waals surface area contributed by atoms with Gasteiger partial charge in [-0.25, -0.2) is 0 Å². The number of aliphatic hydroxyl groups is 2. The van der Waals surface area contributed by atoms with Gasteiger partial charge >= 0.3 is 43.7 Å². The van der Waals surface area contributed by atoms with Gasteiger partial charge in [0.05, 0.1) is 24.1 Å². The Labute approximate surface area is 230 Å². The number of carbonyl (C=O) groups excluding carboxylic acids is 2. The Morgan fingerprint density at radius 1 is 0.606 bits per heavy atom. The molecule has 33 heavy (non-hydrogen) atoms. The molecule has 0 heterocycles. The van der Waals surface area contributed by atoms with Crippen molar-refractivity contribution in [2.45, 2.75) is 136 Å². The smallest absolute Gasteiger partial charge is 0.547 e. The second-order valence-electron chi connectivity index (χ2n) is 8.08. The first-order chi connectivity index (χ1) is 15.1. The maximum absolute atomic E-state index is 10.3. The maximum Gasteiger partial charge on any atom is 2.00 e. The van der Waals surface area contributed by atoms with Gasteiger partial charge in [-0.05, 0) is 20.3 Å². The van der Waals surface area contributed by atoms with Gasteiger partial charge in [-0.3, -0.25) is 4.79 Å². The number of carboxylic acid groups (broad SMARTS) is 3. The molecular formula is C24H46CaO8. The van der Waals surface area contributed by atoms with Gasteiger partial charge in [0.15, 0.2) is 0 Å². The van der Waals surface area contributed by atoms with Crippen molar-refractivity contribution in [2.24, 2.45) is 0 Å². The summed E-state index contributed by atoms with van der Waals surface area (Å²) in [6.45, 7) is 4.54. The van der Waals surface area contributed by atoms with Crippen LogP contribution < -0.4 is 10.2 Å². The van der Waals surface area contributed by atoms with Crippen LogP contribution in [0.3, 0.4) is 0 Å². The number of rotatable bonds is 18. The normalized spacial score (nSPS) is 11.5. The van der Waals surface area contributed by atoms with Crippen LogP contribution >= 0.6 is 0 Å². The summed E-state index contributed by atoms with van der Waals surface area (Å²) < 4.78 is 0. The summed E-state index contributed by atoms with van der Waals surface area (Å²) in [5.41, 5.74) is 0. The van der Waals surface area contributed by atoms with Crippen LogP contribution in [0.25, 0.3) is 0 Å². The maximum atomic E-state index is 10.3.